The molecule has 0 radical (unpaired) electrons. The Balaban J connectivity index is 2.54. The van der Waals surface area contributed by atoms with E-state index in [0.717, 1.165) is 23.4 Å². The lowest BCUT2D eigenvalue weighted by Crippen LogP contribution is -2.23. The first-order valence-electron chi connectivity index (χ1n) is 6.79. The van der Waals surface area contributed by atoms with Crippen molar-refractivity contribution in [3.63, 3.8) is 0 Å². The van der Waals surface area contributed by atoms with Gasteiger partial charge in [0.2, 0.25) is 0 Å². The SMILES string of the molecule is CCNC(c1ccccc1F)c1cc(C)ccc1OC. The second-order valence-electron chi connectivity index (χ2n) is 4.76. The number of nitrogens with one attached hydrogen (secondary N) is 1. The van der Waals surface area contributed by atoms with Gasteiger partial charge in [0.05, 0.1) is 13.2 Å². The highest BCUT2D eigenvalue weighted by Crippen LogP contribution is 2.32. The summed E-state index contributed by atoms with van der Waals surface area (Å²) in [7, 11) is 1.64. The third-order valence-corrected chi connectivity index (χ3v) is 3.32. The number of rotatable bonds is 5. The molecule has 2 rings (SSSR count). The second kappa shape index (κ2) is 6.53. The van der Waals surface area contributed by atoms with Gasteiger partial charge in [-0.15, -0.1) is 0 Å². The molecule has 106 valence electrons. The highest BCUT2D eigenvalue weighted by atomic mass is 19.1. The highest BCUT2D eigenvalue weighted by Gasteiger charge is 2.20. The van der Waals surface area contributed by atoms with Crippen molar-refractivity contribution in [2.24, 2.45) is 0 Å². The Morgan fingerprint density at radius 3 is 2.55 bits per heavy atom. The number of hydrogen-bond acceptors (Lipinski definition) is 2. The zero-order valence-corrected chi connectivity index (χ0v) is 12.1. The number of halogens is 1. The zero-order valence-electron chi connectivity index (χ0n) is 12.1. The normalized spacial score (nSPS) is 12.2. The number of methoxy groups -OCH3 is 1. The maximum atomic E-state index is 14.1. The zero-order chi connectivity index (χ0) is 14.5. The molecule has 0 saturated carbocycles. The average molecular weight is 273 g/mol. The lowest BCUT2D eigenvalue weighted by Gasteiger charge is -2.22. The first kappa shape index (κ1) is 14.5. The molecular weight excluding hydrogens is 253 g/mol. The van der Waals surface area contributed by atoms with Crippen LogP contribution >= 0.6 is 0 Å². The highest BCUT2D eigenvalue weighted by molar-refractivity contribution is 5.44. The summed E-state index contributed by atoms with van der Waals surface area (Å²) in [5, 5.41) is 3.34. The van der Waals surface area contributed by atoms with Gasteiger partial charge in [-0.1, -0.05) is 42.8 Å². The lowest BCUT2D eigenvalue weighted by molar-refractivity contribution is 0.403. The first-order chi connectivity index (χ1) is 9.67. The van der Waals surface area contributed by atoms with Crippen molar-refractivity contribution in [1.29, 1.82) is 0 Å². The molecule has 2 nitrogen and oxygen atoms in total. The molecule has 2 aromatic rings. The Morgan fingerprint density at radius 1 is 1.15 bits per heavy atom. The van der Waals surface area contributed by atoms with E-state index < -0.39 is 0 Å². The van der Waals surface area contributed by atoms with Crippen molar-refractivity contribution in [1.82, 2.24) is 5.32 Å². The molecule has 0 aromatic heterocycles. The van der Waals surface area contributed by atoms with Crippen LogP contribution in [0.1, 0.15) is 29.7 Å². The quantitative estimate of drug-likeness (QED) is 0.893. The van der Waals surface area contributed by atoms with Gasteiger partial charge in [-0.25, -0.2) is 4.39 Å². The predicted molar refractivity (Wildman–Crippen MR) is 79.7 cm³/mol. The van der Waals surface area contributed by atoms with E-state index in [0.29, 0.717) is 5.56 Å². The summed E-state index contributed by atoms with van der Waals surface area (Å²) < 4.78 is 19.5. The molecule has 0 bridgehead atoms. The number of aryl methyl sites for hydroxylation is 1. The molecule has 0 aliphatic carbocycles. The van der Waals surface area contributed by atoms with Crippen LogP contribution in [0.3, 0.4) is 0 Å². The molecule has 0 heterocycles. The molecule has 3 heteroatoms. The third kappa shape index (κ3) is 2.99. The Hall–Kier alpha value is -1.87. The van der Waals surface area contributed by atoms with Crippen LogP contribution in [-0.4, -0.2) is 13.7 Å². The van der Waals surface area contributed by atoms with Crippen molar-refractivity contribution in [3.05, 3.63) is 65.0 Å². The molecule has 20 heavy (non-hydrogen) atoms. The summed E-state index contributed by atoms with van der Waals surface area (Å²) in [6.07, 6.45) is 0. The minimum atomic E-state index is -0.212. The maximum Gasteiger partial charge on any atom is 0.128 e. The van der Waals surface area contributed by atoms with Gasteiger partial charge in [0.1, 0.15) is 11.6 Å². The molecule has 0 aliphatic rings. The van der Waals surface area contributed by atoms with E-state index >= 15 is 0 Å². The molecule has 1 N–H and O–H groups in total. The summed E-state index contributed by atoms with van der Waals surface area (Å²) in [5.41, 5.74) is 2.72. The first-order valence-corrected chi connectivity index (χ1v) is 6.79. The Kier molecular flexibility index (Phi) is 4.74. The van der Waals surface area contributed by atoms with E-state index in [-0.39, 0.29) is 11.9 Å². The van der Waals surface area contributed by atoms with Gasteiger partial charge in [-0.3, -0.25) is 0 Å². The fourth-order valence-corrected chi connectivity index (χ4v) is 2.38. The van der Waals surface area contributed by atoms with Gasteiger partial charge in [0.15, 0.2) is 0 Å². The second-order valence-corrected chi connectivity index (χ2v) is 4.76. The van der Waals surface area contributed by atoms with Crippen LogP contribution in [0.15, 0.2) is 42.5 Å². The smallest absolute Gasteiger partial charge is 0.128 e. The Morgan fingerprint density at radius 2 is 1.90 bits per heavy atom. The molecule has 1 atom stereocenters. The van der Waals surface area contributed by atoms with Crippen molar-refractivity contribution >= 4 is 0 Å². The van der Waals surface area contributed by atoms with Crippen LogP contribution < -0.4 is 10.1 Å². The van der Waals surface area contributed by atoms with E-state index in [1.807, 2.05) is 44.2 Å². The van der Waals surface area contributed by atoms with Crippen LogP contribution in [-0.2, 0) is 0 Å². The van der Waals surface area contributed by atoms with Crippen LogP contribution in [0.5, 0.6) is 5.75 Å². The number of hydrogen-bond donors (Lipinski definition) is 1. The van der Waals surface area contributed by atoms with Crippen LogP contribution in [0.2, 0.25) is 0 Å². The topological polar surface area (TPSA) is 21.3 Å². The average Bonchev–Trinajstić information content (AvgIpc) is 2.46. The summed E-state index contributed by atoms with van der Waals surface area (Å²) in [6.45, 7) is 4.78. The third-order valence-electron chi connectivity index (χ3n) is 3.32. The van der Waals surface area contributed by atoms with E-state index in [1.165, 1.54) is 6.07 Å². The van der Waals surface area contributed by atoms with Crippen molar-refractivity contribution in [2.75, 3.05) is 13.7 Å². The van der Waals surface area contributed by atoms with Crippen molar-refractivity contribution in [3.8, 4) is 5.75 Å². The molecule has 0 spiro atoms. The molecular formula is C17H20FNO. The number of benzene rings is 2. The summed E-state index contributed by atoms with van der Waals surface area (Å²) in [4.78, 5) is 0. The van der Waals surface area contributed by atoms with Gasteiger partial charge >= 0.3 is 0 Å². The fraction of sp³-hybridized carbons (Fsp3) is 0.294. The maximum absolute atomic E-state index is 14.1. The standard InChI is InChI=1S/C17H20FNO/c1-4-19-17(13-7-5-6-8-15(13)18)14-11-12(2)9-10-16(14)20-3/h5-11,17,19H,4H2,1-3H3. The van der Waals surface area contributed by atoms with Gasteiger partial charge in [-0.2, -0.15) is 0 Å². The molecule has 2 aromatic carbocycles. The van der Waals surface area contributed by atoms with E-state index in [2.05, 4.69) is 5.32 Å². The van der Waals surface area contributed by atoms with Gasteiger partial charge in [0, 0.05) is 11.1 Å². The van der Waals surface area contributed by atoms with Crippen LogP contribution in [0.25, 0.3) is 0 Å². The van der Waals surface area contributed by atoms with Crippen molar-refractivity contribution < 1.29 is 9.13 Å². The van der Waals surface area contributed by atoms with Gasteiger partial charge < -0.3 is 10.1 Å². The summed E-state index contributed by atoms with van der Waals surface area (Å²) >= 11 is 0. The largest absolute Gasteiger partial charge is 0.496 e. The van der Waals surface area contributed by atoms with Crippen LogP contribution in [0.4, 0.5) is 4.39 Å². The minimum Gasteiger partial charge on any atom is -0.496 e. The van der Waals surface area contributed by atoms with E-state index in [4.69, 9.17) is 4.74 Å². The monoisotopic (exact) mass is 273 g/mol. The summed E-state index contributed by atoms with van der Waals surface area (Å²) in [5.74, 6) is 0.562. The Labute approximate surface area is 119 Å². The molecule has 0 aliphatic heterocycles. The Bertz CT molecular complexity index is 583. The van der Waals surface area contributed by atoms with E-state index in [1.54, 1.807) is 13.2 Å². The molecule has 1 unspecified atom stereocenters. The summed E-state index contributed by atoms with van der Waals surface area (Å²) in [6, 6.07) is 12.6. The van der Waals surface area contributed by atoms with Crippen LogP contribution in [0, 0.1) is 12.7 Å². The molecule has 0 fully saturated rings. The lowest BCUT2D eigenvalue weighted by atomic mass is 9.96. The number of ether oxygens (including phenoxy) is 1. The predicted octanol–water partition coefficient (Wildman–Crippen LogP) is 3.84. The van der Waals surface area contributed by atoms with Gasteiger partial charge in [-0.05, 0) is 25.6 Å². The van der Waals surface area contributed by atoms with Crippen molar-refractivity contribution in [2.45, 2.75) is 19.9 Å². The van der Waals surface area contributed by atoms with Gasteiger partial charge in [0.25, 0.3) is 0 Å². The fourth-order valence-electron chi connectivity index (χ4n) is 2.38. The minimum absolute atomic E-state index is 0.206. The molecule has 0 saturated heterocycles. The van der Waals surface area contributed by atoms with E-state index in [9.17, 15) is 4.39 Å². The molecule has 0 amide bonds.